The molecule has 1 aromatic rings. The van der Waals surface area contributed by atoms with Gasteiger partial charge >= 0.3 is 6.09 Å². The third kappa shape index (κ3) is 4.76. The quantitative estimate of drug-likeness (QED) is 0.702. The van der Waals surface area contributed by atoms with E-state index in [2.05, 4.69) is 12.8 Å². The SMILES string of the molecule is C#C.CC.CCC1(N2CCOC2=O)CCCC(/C=C(\N)c2c(F)cccc2F)=C1N. The zero-order chi connectivity index (χ0) is 22.9. The van der Waals surface area contributed by atoms with Crippen LogP contribution in [0.4, 0.5) is 13.6 Å². The Morgan fingerprint density at radius 2 is 1.90 bits per heavy atom. The largest absolute Gasteiger partial charge is 0.448 e. The average molecular weight is 420 g/mol. The van der Waals surface area contributed by atoms with Crippen molar-refractivity contribution in [1.29, 1.82) is 0 Å². The summed E-state index contributed by atoms with van der Waals surface area (Å²) < 4.78 is 33.1. The van der Waals surface area contributed by atoms with Crippen LogP contribution in [0.15, 0.2) is 35.5 Å². The van der Waals surface area contributed by atoms with E-state index in [9.17, 15) is 13.6 Å². The van der Waals surface area contributed by atoms with Crippen molar-refractivity contribution in [3.8, 4) is 12.8 Å². The number of ether oxygens (including phenoxy) is 1. The molecule has 0 radical (unpaired) electrons. The third-order valence-electron chi connectivity index (χ3n) is 5.33. The van der Waals surface area contributed by atoms with E-state index in [0.717, 1.165) is 25.0 Å². The molecule has 1 aliphatic heterocycles. The molecule has 0 saturated carbocycles. The lowest BCUT2D eigenvalue weighted by molar-refractivity contribution is 0.114. The average Bonchev–Trinajstić information content (AvgIpc) is 3.19. The predicted molar refractivity (Wildman–Crippen MR) is 116 cm³/mol. The van der Waals surface area contributed by atoms with Gasteiger partial charge in [0.15, 0.2) is 0 Å². The van der Waals surface area contributed by atoms with E-state index >= 15 is 0 Å². The summed E-state index contributed by atoms with van der Waals surface area (Å²) in [6, 6.07) is 3.61. The Morgan fingerprint density at radius 3 is 2.40 bits per heavy atom. The van der Waals surface area contributed by atoms with Crippen LogP contribution in [0.1, 0.15) is 52.0 Å². The number of allylic oxidation sites excluding steroid dienone is 2. The topological polar surface area (TPSA) is 81.6 Å². The highest BCUT2D eigenvalue weighted by atomic mass is 19.1. The Kier molecular flexibility index (Phi) is 9.38. The number of hydrogen-bond donors (Lipinski definition) is 2. The van der Waals surface area contributed by atoms with Crippen molar-refractivity contribution in [2.75, 3.05) is 13.2 Å². The first-order valence-corrected chi connectivity index (χ1v) is 10.1. The highest BCUT2D eigenvalue weighted by Crippen LogP contribution is 2.40. The second-order valence-corrected chi connectivity index (χ2v) is 6.64. The van der Waals surface area contributed by atoms with Crippen LogP contribution >= 0.6 is 0 Å². The molecular weight excluding hydrogens is 388 g/mol. The van der Waals surface area contributed by atoms with Crippen LogP contribution in [0.2, 0.25) is 0 Å². The van der Waals surface area contributed by atoms with E-state index in [1.165, 1.54) is 12.1 Å². The second kappa shape index (κ2) is 11.2. The number of halogens is 2. The lowest BCUT2D eigenvalue weighted by atomic mass is 9.77. The lowest BCUT2D eigenvalue weighted by Crippen LogP contribution is -2.54. The molecule has 164 valence electrons. The van der Waals surface area contributed by atoms with Crippen molar-refractivity contribution >= 4 is 11.8 Å². The third-order valence-corrected chi connectivity index (χ3v) is 5.33. The lowest BCUT2D eigenvalue weighted by Gasteiger charge is -2.43. The normalized spacial score (nSPS) is 21.2. The minimum atomic E-state index is -0.724. The Labute approximate surface area is 177 Å². The molecule has 1 heterocycles. The Morgan fingerprint density at radius 1 is 1.30 bits per heavy atom. The van der Waals surface area contributed by atoms with Gasteiger partial charge in [-0.25, -0.2) is 13.6 Å². The van der Waals surface area contributed by atoms with E-state index in [4.69, 9.17) is 16.2 Å². The van der Waals surface area contributed by atoms with E-state index in [0.29, 0.717) is 37.3 Å². The molecule has 7 heteroatoms. The van der Waals surface area contributed by atoms with Crippen molar-refractivity contribution in [3.05, 3.63) is 52.7 Å². The van der Waals surface area contributed by atoms with Gasteiger partial charge in [0.05, 0.1) is 17.6 Å². The summed E-state index contributed by atoms with van der Waals surface area (Å²) in [5.74, 6) is -1.45. The number of nitrogens with zero attached hydrogens (tertiary/aromatic N) is 1. The summed E-state index contributed by atoms with van der Waals surface area (Å²) in [6.45, 7) is 6.77. The van der Waals surface area contributed by atoms with Crippen LogP contribution in [0.25, 0.3) is 5.70 Å². The van der Waals surface area contributed by atoms with Crippen LogP contribution < -0.4 is 11.5 Å². The van der Waals surface area contributed by atoms with Gasteiger partial charge in [0.1, 0.15) is 18.2 Å². The molecule has 1 aromatic carbocycles. The maximum atomic E-state index is 14.0. The van der Waals surface area contributed by atoms with Crippen molar-refractivity contribution in [3.63, 3.8) is 0 Å². The number of amides is 1. The van der Waals surface area contributed by atoms with Gasteiger partial charge in [-0.3, -0.25) is 4.90 Å². The molecule has 1 fully saturated rings. The zero-order valence-electron chi connectivity index (χ0n) is 17.9. The highest BCUT2D eigenvalue weighted by molar-refractivity contribution is 5.72. The molecule has 1 unspecified atom stereocenters. The summed E-state index contributed by atoms with van der Waals surface area (Å²) in [5.41, 5.74) is 12.7. The first kappa shape index (κ1) is 25.0. The molecule has 1 saturated heterocycles. The van der Waals surface area contributed by atoms with Crippen LogP contribution in [0.3, 0.4) is 0 Å². The number of carbonyl (C=O) groups excluding carboxylic acids is 1. The van der Waals surface area contributed by atoms with Gasteiger partial charge in [-0.15, -0.1) is 12.8 Å². The van der Waals surface area contributed by atoms with Crippen molar-refractivity contribution < 1.29 is 18.3 Å². The zero-order valence-corrected chi connectivity index (χ0v) is 17.9. The fraction of sp³-hybridized carbons (Fsp3) is 0.435. The van der Waals surface area contributed by atoms with Crippen molar-refractivity contribution in [1.82, 2.24) is 4.90 Å². The molecule has 5 nitrogen and oxygen atoms in total. The maximum absolute atomic E-state index is 14.0. The maximum Gasteiger partial charge on any atom is 0.410 e. The van der Waals surface area contributed by atoms with Gasteiger partial charge in [0.2, 0.25) is 0 Å². The first-order valence-electron chi connectivity index (χ1n) is 10.1. The van der Waals surface area contributed by atoms with Crippen LogP contribution in [-0.4, -0.2) is 29.7 Å². The van der Waals surface area contributed by atoms with Gasteiger partial charge < -0.3 is 16.2 Å². The molecule has 1 aliphatic carbocycles. The van der Waals surface area contributed by atoms with Crippen LogP contribution in [0, 0.1) is 24.5 Å². The molecule has 0 spiro atoms. The fourth-order valence-electron chi connectivity index (χ4n) is 3.94. The van der Waals surface area contributed by atoms with E-state index in [1.807, 2.05) is 20.8 Å². The van der Waals surface area contributed by atoms with Crippen molar-refractivity contribution in [2.45, 2.75) is 52.0 Å². The minimum Gasteiger partial charge on any atom is -0.448 e. The number of rotatable bonds is 4. The molecule has 30 heavy (non-hydrogen) atoms. The number of benzene rings is 1. The summed E-state index contributed by atoms with van der Waals surface area (Å²) in [7, 11) is 0. The molecule has 0 bridgehead atoms. The number of cyclic esters (lactones) is 1. The summed E-state index contributed by atoms with van der Waals surface area (Å²) >= 11 is 0. The monoisotopic (exact) mass is 419 g/mol. The highest BCUT2D eigenvalue weighted by Gasteiger charge is 2.45. The van der Waals surface area contributed by atoms with Gasteiger partial charge in [0, 0.05) is 11.4 Å². The smallest absolute Gasteiger partial charge is 0.410 e. The fourth-order valence-corrected chi connectivity index (χ4v) is 3.94. The Bertz CT molecular complexity index is 813. The van der Waals surface area contributed by atoms with Crippen LogP contribution in [-0.2, 0) is 4.74 Å². The van der Waals surface area contributed by atoms with Gasteiger partial charge in [-0.05, 0) is 49.5 Å². The number of hydrogen-bond acceptors (Lipinski definition) is 4. The van der Waals surface area contributed by atoms with E-state index in [-0.39, 0.29) is 17.4 Å². The van der Waals surface area contributed by atoms with Crippen molar-refractivity contribution in [2.24, 2.45) is 11.5 Å². The molecule has 1 amide bonds. The van der Waals surface area contributed by atoms with Gasteiger partial charge in [0.25, 0.3) is 0 Å². The minimum absolute atomic E-state index is 0.0190. The number of nitrogens with two attached hydrogens (primary N) is 2. The summed E-state index contributed by atoms with van der Waals surface area (Å²) in [6.07, 6.45) is 11.9. The second-order valence-electron chi connectivity index (χ2n) is 6.64. The summed E-state index contributed by atoms with van der Waals surface area (Å²) in [5, 5.41) is 0. The Hall–Kier alpha value is -3.01. The van der Waals surface area contributed by atoms with Gasteiger partial charge in [-0.2, -0.15) is 0 Å². The van der Waals surface area contributed by atoms with E-state index < -0.39 is 17.2 Å². The molecular formula is C23H31F2N3O2. The molecule has 3 rings (SSSR count). The van der Waals surface area contributed by atoms with E-state index in [1.54, 1.807) is 4.90 Å². The van der Waals surface area contributed by atoms with Gasteiger partial charge in [-0.1, -0.05) is 26.8 Å². The molecule has 4 N–H and O–H groups in total. The Balaban J connectivity index is 0.00000106. The van der Waals surface area contributed by atoms with Crippen LogP contribution in [0.5, 0.6) is 0 Å². The molecule has 1 atom stereocenters. The number of carbonyl (C=O) groups is 1. The summed E-state index contributed by atoms with van der Waals surface area (Å²) in [4.78, 5) is 13.8. The number of terminal acetylenes is 1. The predicted octanol–water partition coefficient (Wildman–Crippen LogP) is 4.54. The molecule has 2 aliphatic rings. The standard InChI is InChI=1S/C19H23F2N3O2.C2H6.C2H2/c1-2-19(24-9-10-26-18(24)25)8-4-5-12(17(19)23)11-15(22)16-13(20)6-3-7-14(16)21;2*1-2/h3,6-7,11H,2,4-5,8-10,22-23H2,1H3;1-2H3;1-2H/b15-11-;;. The first-order chi connectivity index (χ1) is 14.4. The molecule has 0 aromatic heterocycles.